The van der Waals surface area contributed by atoms with Gasteiger partial charge in [0.25, 0.3) is 0 Å². The number of rotatable bonds is 3. The summed E-state index contributed by atoms with van der Waals surface area (Å²) in [4.78, 5) is 0. The first-order valence-corrected chi connectivity index (χ1v) is 5.31. The summed E-state index contributed by atoms with van der Waals surface area (Å²) in [6.07, 6.45) is -4.33. The zero-order valence-corrected chi connectivity index (χ0v) is 10.4. The summed E-state index contributed by atoms with van der Waals surface area (Å²) in [7, 11) is 1.08. The molecule has 0 aliphatic rings. The molecule has 0 unspecified atom stereocenters. The fourth-order valence-electron chi connectivity index (χ4n) is 1.68. The molecule has 0 atom stereocenters. The van der Waals surface area contributed by atoms with E-state index in [-0.39, 0.29) is 6.42 Å². The van der Waals surface area contributed by atoms with Gasteiger partial charge in [-0.25, -0.2) is 0 Å². The van der Waals surface area contributed by atoms with Gasteiger partial charge in [0.05, 0.1) is 7.11 Å². The van der Waals surface area contributed by atoms with E-state index in [1.165, 1.54) is 6.07 Å². The molecule has 0 aliphatic heterocycles. The third-order valence-electron chi connectivity index (χ3n) is 2.37. The van der Waals surface area contributed by atoms with Crippen molar-refractivity contribution in [3.8, 4) is 11.5 Å². The van der Waals surface area contributed by atoms with Crippen LogP contribution in [0.3, 0.4) is 0 Å². The molecule has 0 spiro atoms. The Hall–Kier alpha value is -1.43. The molecule has 0 aromatic heterocycles. The van der Waals surface area contributed by atoms with Crippen LogP contribution < -0.4 is 10.5 Å². The van der Waals surface area contributed by atoms with Crippen molar-refractivity contribution in [2.75, 3.05) is 7.11 Å². The number of benzene rings is 1. The lowest BCUT2D eigenvalue weighted by molar-refractivity contribution is -0.138. The summed E-state index contributed by atoms with van der Waals surface area (Å²) >= 11 is 0. The van der Waals surface area contributed by atoms with Crippen molar-refractivity contribution in [1.29, 1.82) is 0 Å². The standard InChI is InChI=1S/C12H16F3NO2/c1-11(2,16)6-7-4-5-8(12(13,14)15)10(18-3)9(7)17/h4-5,17H,6,16H2,1-3H3. The van der Waals surface area contributed by atoms with E-state index in [0.717, 1.165) is 13.2 Å². The molecule has 0 bridgehead atoms. The van der Waals surface area contributed by atoms with Crippen LogP contribution in [0.5, 0.6) is 11.5 Å². The van der Waals surface area contributed by atoms with Crippen LogP contribution in [0.1, 0.15) is 25.0 Å². The number of alkyl halides is 3. The summed E-state index contributed by atoms with van der Waals surface area (Å²) in [5.74, 6) is -1.07. The number of aromatic hydroxyl groups is 1. The van der Waals surface area contributed by atoms with Crippen LogP contribution in [0, 0.1) is 0 Å². The van der Waals surface area contributed by atoms with Gasteiger partial charge in [-0.1, -0.05) is 6.07 Å². The Bertz CT molecular complexity index is 436. The molecule has 0 radical (unpaired) electrons. The van der Waals surface area contributed by atoms with Crippen molar-refractivity contribution in [1.82, 2.24) is 0 Å². The molecule has 1 aromatic carbocycles. The average molecular weight is 263 g/mol. The van der Waals surface area contributed by atoms with Crippen molar-refractivity contribution < 1.29 is 23.0 Å². The molecule has 1 aromatic rings. The monoisotopic (exact) mass is 263 g/mol. The second-order valence-electron chi connectivity index (χ2n) is 4.82. The van der Waals surface area contributed by atoms with Crippen molar-refractivity contribution in [2.24, 2.45) is 5.73 Å². The van der Waals surface area contributed by atoms with Crippen LogP contribution in [-0.2, 0) is 12.6 Å². The van der Waals surface area contributed by atoms with Crippen molar-refractivity contribution >= 4 is 0 Å². The summed E-state index contributed by atoms with van der Waals surface area (Å²) < 4.78 is 42.7. The zero-order valence-electron chi connectivity index (χ0n) is 10.4. The SMILES string of the molecule is COc1c(C(F)(F)F)ccc(CC(C)(C)N)c1O. The highest BCUT2D eigenvalue weighted by molar-refractivity contribution is 5.52. The first-order valence-electron chi connectivity index (χ1n) is 5.31. The van der Waals surface area contributed by atoms with E-state index in [4.69, 9.17) is 5.73 Å². The average Bonchev–Trinajstić information content (AvgIpc) is 2.17. The predicted octanol–water partition coefficient (Wildman–Crippen LogP) is 2.70. The highest BCUT2D eigenvalue weighted by Crippen LogP contribution is 2.43. The van der Waals surface area contributed by atoms with Gasteiger partial charge in [0.1, 0.15) is 5.56 Å². The minimum Gasteiger partial charge on any atom is -0.504 e. The fraction of sp³-hybridized carbons (Fsp3) is 0.500. The van der Waals surface area contributed by atoms with E-state index in [9.17, 15) is 18.3 Å². The molecule has 0 saturated heterocycles. The number of hydrogen-bond acceptors (Lipinski definition) is 3. The van der Waals surface area contributed by atoms with Crippen LogP contribution in [0.2, 0.25) is 0 Å². The van der Waals surface area contributed by atoms with Crippen molar-refractivity contribution in [2.45, 2.75) is 32.0 Å². The normalized spacial score (nSPS) is 12.6. The molecule has 0 heterocycles. The van der Waals surface area contributed by atoms with Crippen molar-refractivity contribution in [3.05, 3.63) is 23.3 Å². The Labute approximate surface area is 103 Å². The minimum atomic E-state index is -4.57. The van der Waals surface area contributed by atoms with E-state index in [1.807, 2.05) is 0 Å². The first kappa shape index (κ1) is 14.6. The maximum absolute atomic E-state index is 12.7. The second kappa shape index (κ2) is 4.68. The highest BCUT2D eigenvalue weighted by Gasteiger charge is 2.36. The Kier molecular flexibility index (Phi) is 3.81. The Balaban J connectivity index is 3.29. The summed E-state index contributed by atoms with van der Waals surface area (Å²) in [5, 5.41) is 9.82. The molecule has 0 saturated carbocycles. The molecule has 0 fully saturated rings. The number of hydrogen-bond donors (Lipinski definition) is 2. The highest BCUT2D eigenvalue weighted by atomic mass is 19.4. The largest absolute Gasteiger partial charge is 0.504 e. The van der Waals surface area contributed by atoms with Gasteiger partial charge in [-0.05, 0) is 31.9 Å². The quantitative estimate of drug-likeness (QED) is 0.881. The van der Waals surface area contributed by atoms with Gasteiger partial charge in [0.2, 0.25) is 0 Å². The number of ether oxygens (including phenoxy) is 1. The number of nitrogens with two attached hydrogens (primary N) is 1. The molecule has 1 rings (SSSR count). The van der Waals surface area contributed by atoms with Gasteiger partial charge < -0.3 is 15.6 Å². The lowest BCUT2D eigenvalue weighted by Gasteiger charge is -2.21. The summed E-state index contributed by atoms with van der Waals surface area (Å²) in [5.41, 5.74) is 4.47. The van der Waals surface area contributed by atoms with Crippen molar-refractivity contribution in [3.63, 3.8) is 0 Å². The molecule has 6 heteroatoms. The molecule has 102 valence electrons. The van der Waals surface area contributed by atoms with E-state index >= 15 is 0 Å². The molecule has 3 N–H and O–H groups in total. The maximum atomic E-state index is 12.7. The van der Waals surface area contributed by atoms with Gasteiger partial charge in [0.15, 0.2) is 11.5 Å². The van der Waals surface area contributed by atoms with Crippen LogP contribution in [0.4, 0.5) is 13.2 Å². The van der Waals surface area contributed by atoms with Gasteiger partial charge >= 0.3 is 6.18 Å². The summed E-state index contributed by atoms with van der Waals surface area (Å²) in [6, 6.07) is 2.11. The van der Waals surface area contributed by atoms with Gasteiger partial charge in [-0.15, -0.1) is 0 Å². The van der Waals surface area contributed by atoms with Crippen LogP contribution >= 0.6 is 0 Å². The lowest BCUT2D eigenvalue weighted by Crippen LogP contribution is -2.34. The number of phenols is 1. The topological polar surface area (TPSA) is 55.5 Å². The van der Waals surface area contributed by atoms with Crippen LogP contribution in [0.25, 0.3) is 0 Å². The zero-order chi connectivity index (χ0) is 14.1. The molecular formula is C12H16F3NO2. The fourth-order valence-corrected chi connectivity index (χ4v) is 1.68. The van der Waals surface area contributed by atoms with E-state index in [1.54, 1.807) is 13.8 Å². The number of phenolic OH excluding ortho intramolecular Hbond substituents is 1. The van der Waals surface area contributed by atoms with E-state index in [2.05, 4.69) is 4.74 Å². The Morgan fingerprint density at radius 2 is 1.83 bits per heavy atom. The number of methoxy groups -OCH3 is 1. The molecule has 18 heavy (non-hydrogen) atoms. The molecule has 3 nitrogen and oxygen atoms in total. The summed E-state index contributed by atoms with van der Waals surface area (Å²) in [6.45, 7) is 3.44. The lowest BCUT2D eigenvalue weighted by atomic mass is 9.94. The second-order valence-corrected chi connectivity index (χ2v) is 4.82. The first-order chi connectivity index (χ1) is 8.06. The van der Waals surface area contributed by atoms with Gasteiger partial charge in [-0.3, -0.25) is 0 Å². The van der Waals surface area contributed by atoms with Gasteiger partial charge in [-0.2, -0.15) is 13.2 Å². The molecule has 0 aliphatic carbocycles. The third kappa shape index (κ3) is 3.29. The Morgan fingerprint density at radius 3 is 2.22 bits per heavy atom. The smallest absolute Gasteiger partial charge is 0.420 e. The van der Waals surface area contributed by atoms with E-state index < -0.39 is 28.8 Å². The van der Waals surface area contributed by atoms with Crippen LogP contribution in [-0.4, -0.2) is 17.8 Å². The van der Waals surface area contributed by atoms with E-state index in [0.29, 0.717) is 5.56 Å². The van der Waals surface area contributed by atoms with Gasteiger partial charge in [0, 0.05) is 5.54 Å². The molecular weight excluding hydrogens is 247 g/mol. The molecule has 0 amide bonds. The Morgan fingerprint density at radius 1 is 1.28 bits per heavy atom. The minimum absolute atomic E-state index is 0.243. The number of halogens is 3. The third-order valence-corrected chi connectivity index (χ3v) is 2.37. The maximum Gasteiger partial charge on any atom is 0.420 e. The van der Waals surface area contributed by atoms with Crippen LogP contribution in [0.15, 0.2) is 12.1 Å². The predicted molar refractivity (Wildman–Crippen MR) is 61.6 cm³/mol.